The van der Waals surface area contributed by atoms with E-state index in [1.165, 1.54) is 0 Å². The summed E-state index contributed by atoms with van der Waals surface area (Å²) < 4.78 is 0. The first-order valence-corrected chi connectivity index (χ1v) is 8.96. The third-order valence-electron chi connectivity index (χ3n) is 5.46. The number of aliphatic carboxylic acids is 1. The van der Waals surface area contributed by atoms with Crippen LogP contribution in [0.2, 0.25) is 0 Å². The number of carboxylic acid groups (broad SMARTS) is 1. The lowest BCUT2D eigenvalue weighted by Crippen LogP contribution is -2.56. The summed E-state index contributed by atoms with van der Waals surface area (Å²) in [7, 11) is 2.17. The molecule has 7 heteroatoms. The summed E-state index contributed by atoms with van der Waals surface area (Å²) in [6.07, 6.45) is 5.76. The predicted molar refractivity (Wildman–Crippen MR) is 91.7 cm³/mol. The average molecular weight is 335 g/mol. The van der Waals surface area contributed by atoms with Crippen molar-refractivity contribution in [2.45, 2.75) is 31.8 Å². The molecule has 2 aliphatic rings. The Kier molecular flexibility index (Phi) is 5.86. The molecule has 2 aliphatic heterocycles. The average Bonchev–Trinajstić information content (AvgIpc) is 3.07. The molecule has 3 rings (SSSR count). The topological polar surface area (TPSA) is 75.7 Å². The second-order valence-electron chi connectivity index (χ2n) is 7.20. The molecule has 1 aromatic rings. The van der Waals surface area contributed by atoms with Gasteiger partial charge in [0.2, 0.25) is 0 Å². The van der Waals surface area contributed by atoms with Crippen molar-refractivity contribution in [3.8, 4) is 0 Å². The zero-order valence-corrected chi connectivity index (χ0v) is 14.5. The Morgan fingerprint density at radius 1 is 1.33 bits per heavy atom. The second kappa shape index (κ2) is 8.09. The minimum absolute atomic E-state index is 0.271. The van der Waals surface area contributed by atoms with Gasteiger partial charge in [0.1, 0.15) is 0 Å². The molecule has 2 saturated heterocycles. The van der Waals surface area contributed by atoms with Gasteiger partial charge in [0.15, 0.2) is 0 Å². The van der Waals surface area contributed by atoms with E-state index in [0.29, 0.717) is 12.0 Å². The zero-order chi connectivity index (χ0) is 16.9. The fraction of sp³-hybridized carbons (Fsp3) is 0.765. The number of nitrogens with zero attached hydrogens (tertiary/aromatic N) is 4. The molecule has 0 saturated carbocycles. The minimum atomic E-state index is -0.683. The molecule has 24 heavy (non-hydrogen) atoms. The molecule has 0 aliphatic carbocycles. The first-order valence-electron chi connectivity index (χ1n) is 8.96. The lowest BCUT2D eigenvalue weighted by atomic mass is 9.86. The van der Waals surface area contributed by atoms with Crippen molar-refractivity contribution in [3.63, 3.8) is 0 Å². The number of H-pyrrole nitrogens is 1. The van der Waals surface area contributed by atoms with Gasteiger partial charge >= 0.3 is 5.97 Å². The first kappa shape index (κ1) is 17.4. The highest BCUT2D eigenvalue weighted by Gasteiger charge is 2.34. The van der Waals surface area contributed by atoms with E-state index in [1.54, 1.807) is 6.33 Å². The van der Waals surface area contributed by atoms with Crippen LogP contribution in [0.3, 0.4) is 0 Å². The summed E-state index contributed by atoms with van der Waals surface area (Å²) in [4.78, 5) is 25.7. The molecule has 1 aromatic heterocycles. The number of hydrogen-bond donors (Lipinski definition) is 2. The quantitative estimate of drug-likeness (QED) is 0.798. The second-order valence-corrected chi connectivity index (χ2v) is 7.20. The van der Waals surface area contributed by atoms with Crippen molar-refractivity contribution in [1.82, 2.24) is 24.7 Å². The highest BCUT2D eigenvalue weighted by atomic mass is 16.4. The van der Waals surface area contributed by atoms with E-state index in [-0.39, 0.29) is 6.42 Å². The molecule has 3 heterocycles. The van der Waals surface area contributed by atoms with E-state index in [4.69, 9.17) is 5.11 Å². The van der Waals surface area contributed by atoms with E-state index in [0.717, 1.165) is 64.3 Å². The number of aromatic amines is 1. The number of rotatable bonds is 6. The Labute approximate surface area is 143 Å². The Morgan fingerprint density at radius 3 is 2.79 bits per heavy atom. The minimum Gasteiger partial charge on any atom is -0.481 e. The SMILES string of the molecule is CN1CCN([C@@H]2CCN(Cc3cnc[nH]3)C[C@@H]2CCC(=O)O)CC1. The molecule has 7 nitrogen and oxygen atoms in total. The summed E-state index contributed by atoms with van der Waals surface area (Å²) in [5.41, 5.74) is 1.13. The van der Waals surface area contributed by atoms with Crippen LogP contribution >= 0.6 is 0 Å². The molecule has 0 aromatic carbocycles. The van der Waals surface area contributed by atoms with Crippen molar-refractivity contribution in [2.24, 2.45) is 5.92 Å². The van der Waals surface area contributed by atoms with Crippen molar-refractivity contribution in [3.05, 3.63) is 18.2 Å². The van der Waals surface area contributed by atoms with Gasteiger partial charge in [-0.05, 0) is 25.8 Å². The molecule has 0 bridgehead atoms. The Morgan fingerprint density at radius 2 is 2.12 bits per heavy atom. The molecule has 134 valence electrons. The lowest BCUT2D eigenvalue weighted by molar-refractivity contribution is -0.137. The monoisotopic (exact) mass is 335 g/mol. The number of imidazole rings is 1. The molecule has 0 spiro atoms. The van der Waals surface area contributed by atoms with Gasteiger partial charge < -0.3 is 15.0 Å². The highest BCUT2D eigenvalue weighted by Crippen LogP contribution is 2.27. The normalized spacial score (nSPS) is 27.4. The van der Waals surface area contributed by atoms with Gasteiger partial charge in [-0.2, -0.15) is 0 Å². The number of aromatic nitrogens is 2. The summed E-state index contributed by atoms with van der Waals surface area (Å²) in [5.74, 6) is -0.251. The van der Waals surface area contributed by atoms with E-state index in [1.807, 2.05) is 6.20 Å². The van der Waals surface area contributed by atoms with Crippen molar-refractivity contribution in [1.29, 1.82) is 0 Å². The number of hydrogen-bond acceptors (Lipinski definition) is 5. The van der Waals surface area contributed by atoms with Crippen LogP contribution in [0, 0.1) is 5.92 Å². The van der Waals surface area contributed by atoms with Crippen LogP contribution in [0.5, 0.6) is 0 Å². The number of likely N-dealkylation sites (N-methyl/N-ethyl adjacent to an activating group) is 1. The van der Waals surface area contributed by atoms with Gasteiger partial charge in [-0.25, -0.2) is 4.98 Å². The van der Waals surface area contributed by atoms with Crippen LogP contribution in [-0.2, 0) is 11.3 Å². The van der Waals surface area contributed by atoms with E-state index in [2.05, 4.69) is 31.7 Å². The van der Waals surface area contributed by atoms with E-state index < -0.39 is 5.97 Å². The maximum atomic E-state index is 11.1. The van der Waals surface area contributed by atoms with Crippen molar-refractivity contribution < 1.29 is 9.90 Å². The van der Waals surface area contributed by atoms with Gasteiger partial charge in [-0.15, -0.1) is 0 Å². The van der Waals surface area contributed by atoms with Crippen molar-refractivity contribution >= 4 is 5.97 Å². The maximum Gasteiger partial charge on any atom is 0.303 e. The van der Waals surface area contributed by atoms with Gasteiger partial charge in [0.25, 0.3) is 0 Å². The highest BCUT2D eigenvalue weighted by molar-refractivity contribution is 5.66. The largest absolute Gasteiger partial charge is 0.481 e. The number of piperidine rings is 1. The Bertz CT molecular complexity index is 513. The summed E-state index contributed by atoms with van der Waals surface area (Å²) in [5, 5.41) is 9.10. The number of piperazine rings is 1. The van der Waals surface area contributed by atoms with Crippen LogP contribution in [-0.4, -0.2) is 88.1 Å². The molecular formula is C17H29N5O2. The molecule has 2 N–H and O–H groups in total. The Hall–Kier alpha value is -1.44. The number of nitrogens with one attached hydrogen (secondary N) is 1. The molecule has 0 radical (unpaired) electrons. The first-order chi connectivity index (χ1) is 11.6. The predicted octanol–water partition coefficient (Wildman–Crippen LogP) is 0.712. The fourth-order valence-electron chi connectivity index (χ4n) is 4.08. The molecule has 2 fully saturated rings. The van der Waals surface area contributed by atoms with Crippen LogP contribution in [0.15, 0.2) is 12.5 Å². The van der Waals surface area contributed by atoms with Crippen LogP contribution < -0.4 is 0 Å². The van der Waals surface area contributed by atoms with E-state index >= 15 is 0 Å². The number of carboxylic acids is 1. The van der Waals surface area contributed by atoms with Gasteiger partial charge in [0.05, 0.1) is 6.33 Å². The van der Waals surface area contributed by atoms with Crippen LogP contribution in [0.25, 0.3) is 0 Å². The smallest absolute Gasteiger partial charge is 0.303 e. The van der Waals surface area contributed by atoms with Crippen molar-refractivity contribution in [2.75, 3.05) is 46.3 Å². The van der Waals surface area contributed by atoms with Gasteiger partial charge in [0, 0.05) is 70.2 Å². The molecule has 2 atom stereocenters. The van der Waals surface area contributed by atoms with Gasteiger partial charge in [-0.3, -0.25) is 14.6 Å². The van der Waals surface area contributed by atoms with Crippen LogP contribution in [0.4, 0.5) is 0 Å². The summed E-state index contributed by atoms with van der Waals surface area (Å²) in [6.45, 7) is 7.35. The molecular weight excluding hydrogens is 306 g/mol. The lowest BCUT2D eigenvalue weighted by Gasteiger charge is -2.46. The molecule has 0 unspecified atom stereocenters. The number of carbonyl (C=O) groups is 1. The third kappa shape index (κ3) is 4.55. The standard InChI is InChI=1S/C17H29N5O2/c1-20-6-8-22(9-7-20)16-4-5-21(12-15-10-18-13-19-15)11-14(16)2-3-17(23)24/h10,13-14,16H,2-9,11-12H2,1H3,(H,18,19)(H,23,24)/t14-,16+/m0/s1. The van der Waals surface area contributed by atoms with Gasteiger partial charge in [-0.1, -0.05) is 0 Å². The Balaban J connectivity index is 1.61. The van der Waals surface area contributed by atoms with E-state index in [9.17, 15) is 4.79 Å². The number of likely N-dealkylation sites (tertiary alicyclic amines) is 1. The van der Waals surface area contributed by atoms with Crippen LogP contribution in [0.1, 0.15) is 25.0 Å². The fourth-order valence-corrected chi connectivity index (χ4v) is 4.08. The maximum absolute atomic E-state index is 11.1. The third-order valence-corrected chi connectivity index (χ3v) is 5.46. The summed E-state index contributed by atoms with van der Waals surface area (Å²) in [6, 6.07) is 0.524. The zero-order valence-electron chi connectivity index (χ0n) is 14.5. The summed E-state index contributed by atoms with van der Waals surface area (Å²) >= 11 is 0. The molecule has 0 amide bonds.